The minimum Gasteiger partial charge on any atom is -0.491 e. The molecule has 1 aromatic carbocycles. The van der Waals surface area contributed by atoms with E-state index in [0.717, 1.165) is 35.2 Å². The molecule has 1 amide bonds. The summed E-state index contributed by atoms with van der Waals surface area (Å²) in [6, 6.07) is 7.65. The summed E-state index contributed by atoms with van der Waals surface area (Å²) in [6.45, 7) is 4.34. The van der Waals surface area contributed by atoms with Crippen LogP contribution in [-0.2, 0) is 6.18 Å². The highest BCUT2D eigenvalue weighted by Crippen LogP contribution is 2.27. The molecule has 0 atom stereocenters. The number of pyridine rings is 1. The average Bonchev–Trinajstić information content (AvgIpc) is 2.53. The SMILES string of the molecule is Cc1cccc(C)c1OCCNC(=O)c1ccc(C(F)(F)F)nc1. The lowest BCUT2D eigenvalue weighted by atomic mass is 10.1. The van der Waals surface area contributed by atoms with E-state index in [4.69, 9.17) is 4.74 Å². The van der Waals surface area contributed by atoms with Crippen molar-refractivity contribution in [1.82, 2.24) is 10.3 Å². The zero-order valence-corrected chi connectivity index (χ0v) is 13.3. The van der Waals surface area contributed by atoms with Crippen LogP contribution in [0, 0.1) is 13.8 Å². The first kappa shape index (κ1) is 17.8. The average molecular weight is 338 g/mol. The number of alkyl halides is 3. The van der Waals surface area contributed by atoms with E-state index in [-0.39, 0.29) is 18.7 Å². The van der Waals surface area contributed by atoms with Crippen molar-refractivity contribution in [2.45, 2.75) is 20.0 Å². The third-order valence-electron chi connectivity index (χ3n) is 3.36. The van der Waals surface area contributed by atoms with Crippen LogP contribution < -0.4 is 10.1 Å². The molecule has 0 saturated carbocycles. The van der Waals surface area contributed by atoms with Crippen molar-refractivity contribution in [3.05, 3.63) is 58.9 Å². The molecule has 0 bridgehead atoms. The number of amides is 1. The van der Waals surface area contributed by atoms with Crippen molar-refractivity contribution in [3.63, 3.8) is 0 Å². The Bertz CT molecular complexity index is 693. The van der Waals surface area contributed by atoms with Gasteiger partial charge in [0.1, 0.15) is 18.1 Å². The highest BCUT2D eigenvalue weighted by molar-refractivity contribution is 5.93. The number of aryl methyl sites for hydroxylation is 2. The van der Waals surface area contributed by atoms with Crippen LogP contribution in [0.2, 0.25) is 0 Å². The van der Waals surface area contributed by atoms with Gasteiger partial charge in [-0.05, 0) is 37.1 Å². The third kappa shape index (κ3) is 4.47. The fourth-order valence-electron chi connectivity index (χ4n) is 2.14. The lowest BCUT2D eigenvalue weighted by Crippen LogP contribution is -2.28. The van der Waals surface area contributed by atoms with Crippen LogP contribution >= 0.6 is 0 Å². The van der Waals surface area contributed by atoms with Gasteiger partial charge in [-0.1, -0.05) is 18.2 Å². The smallest absolute Gasteiger partial charge is 0.433 e. The minimum atomic E-state index is -4.52. The lowest BCUT2D eigenvalue weighted by molar-refractivity contribution is -0.141. The molecule has 0 saturated heterocycles. The first-order valence-electron chi connectivity index (χ1n) is 7.29. The maximum absolute atomic E-state index is 12.4. The maximum Gasteiger partial charge on any atom is 0.433 e. The number of benzene rings is 1. The Balaban J connectivity index is 1.85. The molecular formula is C17H17F3N2O2. The van der Waals surface area contributed by atoms with E-state index in [1.54, 1.807) is 0 Å². The molecule has 0 aliphatic heterocycles. The zero-order chi connectivity index (χ0) is 17.7. The quantitative estimate of drug-likeness (QED) is 0.849. The second kappa shape index (κ2) is 7.33. The number of nitrogens with zero attached hydrogens (tertiary/aromatic N) is 1. The molecule has 2 aromatic rings. The monoisotopic (exact) mass is 338 g/mol. The number of carbonyl (C=O) groups is 1. The number of nitrogens with one attached hydrogen (secondary N) is 1. The van der Waals surface area contributed by atoms with E-state index in [2.05, 4.69) is 10.3 Å². The summed E-state index contributed by atoms with van der Waals surface area (Å²) < 4.78 is 42.9. The van der Waals surface area contributed by atoms with Gasteiger partial charge in [0.15, 0.2) is 0 Å². The van der Waals surface area contributed by atoms with Crippen molar-refractivity contribution < 1.29 is 22.7 Å². The zero-order valence-electron chi connectivity index (χ0n) is 13.3. The molecule has 0 aliphatic carbocycles. The maximum atomic E-state index is 12.4. The van der Waals surface area contributed by atoms with Crippen LogP contribution in [0.3, 0.4) is 0 Å². The number of rotatable bonds is 5. The normalized spacial score (nSPS) is 11.2. The van der Waals surface area contributed by atoms with Crippen LogP contribution in [0.1, 0.15) is 27.2 Å². The Morgan fingerprint density at radius 1 is 1.17 bits per heavy atom. The van der Waals surface area contributed by atoms with Crippen molar-refractivity contribution in [2.75, 3.05) is 13.2 Å². The van der Waals surface area contributed by atoms with Crippen LogP contribution in [0.5, 0.6) is 5.75 Å². The number of para-hydroxylation sites is 1. The van der Waals surface area contributed by atoms with E-state index in [0.29, 0.717) is 0 Å². The molecule has 128 valence electrons. The Hall–Kier alpha value is -2.57. The lowest BCUT2D eigenvalue weighted by Gasteiger charge is -2.12. The Labute approximate surface area is 137 Å². The summed E-state index contributed by atoms with van der Waals surface area (Å²) in [5.41, 5.74) is 1.02. The topological polar surface area (TPSA) is 51.2 Å². The van der Waals surface area contributed by atoms with Gasteiger partial charge in [0.2, 0.25) is 0 Å². The molecule has 1 N–H and O–H groups in total. The largest absolute Gasteiger partial charge is 0.491 e. The summed E-state index contributed by atoms with van der Waals surface area (Å²) in [7, 11) is 0. The number of ether oxygens (including phenoxy) is 1. The van der Waals surface area contributed by atoms with Crippen LogP contribution in [0.4, 0.5) is 13.2 Å². The van der Waals surface area contributed by atoms with Gasteiger partial charge in [-0.15, -0.1) is 0 Å². The minimum absolute atomic E-state index is 0.0649. The predicted octanol–water partition coefficient (Wildman–Crippen LogP) is 3.53. The van der Waals surface area contributed by atoms with Gasteiger partial charge < -0.3 is 10.1 Å². The first-order chi connectivity index (χ1) is 11.3. The highest BCUT2D eigenvalue weighted by Gasteiger charge is 2.32. The van der Waals surface area contributed by atoms with Gasteiger partial charge in [-0.25, -0.2) is 0 Å². The first-order valence-corrected chi connectivity index (χ1v) is 7.29. The fraction of sp³-hybridized carbons (Fsp3) is 0.294. The Morgan fingerprint density at radius 2 is 1.83 bits per heavy atom. The van der Waals surface area contributed by atoms with Gasteiger partial charge in [0, 0.05) is 6.20 Å². The molecule has 0 spiro atoms. The Kier molecular flexibility index (Phi) is 5.43. The standard InChI is InChI=1S/C17H17F3N2O2/c1-11-4-3-5-12(2)15(11)24-9-8-21-16(23)13-6-7-14(22-10-13)17(18,19)20/h3-7,10H,8-9H2,1-2H3,(H,21,23). The second-order valence-corrected chi connectivity index (χ2v) is 5.26. The van der Waals surface area contributed by atoms with E-state index >= 15 is 0 Å². The summed E-state index contributed by atoms with van der Waals surface area (Å²) in [5, 5.41) is 2.58. The molecule has 0 radical (unpaired) electrons. The van der Waals surface area contributed by atoms with Gasteiger partial charge in [0.25, 0.3) is 5.91 Å². The van der Waals surface area contributed by atoms with E-state index in [1.807, 2.05) is 32.0 Å². The fourth-order valence-corrected chi connectivity index (χ4v) is 2.14. The summed E-state index contributed by atoms with van der Waals surface area (Å²) in [5.74, 6) is 0.268. The van der Waals surface area contributed by atoms with E-state index in [1.165, 1.54) is 0 Å². The third-order valence-corrected chi connectivity index (χ3v) is 3.36. The molecule has 0 fully saturated rings. The van der Waals surface area contributed by atoms with Crippen LogP contribution in [-0.4, -0.2) is 24.0 Å². The predicted molar refractivity (Wildman–Crippen MR) is 83.0 cm³/mol. The van der Waals surface area contributed by atoms with Crippen molar-refractivity contribution in [2.24, 2.45) is 0 Å². The van der Waals surface area contributed by atoms with E-state index in [9.17, 15) is 18.0 Å². The highest BCUT2D eigenvalue weighted by atomic mass is 19.4. The summed E-state index contributed by atoms with van der Waals surface area (Å²) >= 11 is 0. The van der Waals surface area contributed by atoms with Gasteiger partial charge in [0.05, 0.1) is 12.1 Å². The molecule has 0 unspecified atom stereocenters. The summed E-state index contributed by atoms with van der Waals surface area (Å²) in [4.78, 5) is 15.1. The van der Waals surface area contributed by atoms with Gasteiger partial charge >= 0.3 is 6.18 Å². The molecular weight excluding hydrogens is 321 g/mol. The number of hydrogen-bond donors (Lipinski definition) is 1. The molecule has 7 heteroatoms. The van der Waals surface area contributed by atoms with Crippen LogP contribution in [0.25, 0.3) is 0 Å². The van der Waals surface area contributed by atoms with E-state index < -0.39 is 17.8 Å². The molecule has 1 heterocycles. The molecule has 24 heavy (non-hydrogen) atoms. The molecule has 4 nitrogen and oxygen atoms in total. The molecule has 0 aliphatic rings. The number of carbonyl (C=O) groups excluding carboxylic acids is 1. The number of aromatic nitrogens is 1. The van der Waals surface area contributed by atoms with Crippen molar-refractivity contribution in [1.29, 1.82) is 0 Å². The van der Waals surface area contributed by atoms with Crippen LogP contribution in [0.15, 0.2) is 36.5 Å². The van der Waals surface area contributed by atoms with Crippen molar-refractivity contribution in [3.8, 4) is 5.75 Å². The van der Waals surface area contributed by atoms with Gasteiger partial charge in [-0.3, -0.25) is 9.78 Å². The second-order valence-electron chi connectivity index (χ2n) is 5.26. The molecule has 1 aromatic heterocycles. The van der Waals surface area contributed by atoms with Gasteiger partial charge in [-0.2, -0.15) is 13.2 Å². The molecule has 2 rings (SSSR count). The number of halogens is 3. The Morgan fingerprint density at radius 3 is 2.38 bits per heavy atom. The summed E-state index contributed by atoms with van der Waals surface area (Å²) in [6.07, 6.45) is -3.61. The van der Waals surface area contributed by atoms with Crippen molar-refractivity contribution >= 4 is 5.91 Å². The number of hydrogen-bond acceptors (Lipinski definition) is 3.